The second kappa shape index (κ2) is 13.7. The van der Waals surface area contributed by atoms with Crippen molar-refractivity contribution in [2.24, 2.45) is 5.92 Å². The summed E-state index contributed by atoms with van der Waals surface area (Å²) in [5.41, 5.74) is 3.53. The number of hydrogen-bond donors (Lipinski definition) is 2. The highest BCUT2D eigenvalue weighted by Gasteiger charge is 2.28. The number of aromatic nitrogens is 3. The molecule has 1 saturated heterocycles. The molecule has 1 aromatic heterocycles. The first-order valence-electron chi connectivity index (χ1n) is 15.2. The number of carbonyl (C=O) groups excluding carboxylic acids is 1. The van der Waals surface area contributed by atoms with Crippen LogP contribution in [0.5, 0.6) is 5.75 Å². The average Bonchev–Trinajstić information content (AvgIpc) is 3.46. The maximum absolute atomic E-state index is 13.6. The first kappa shape index (κ1) is 28.6. The van der Waals surface area contributed by atoms with Crippen molar-refractivity contribution in [3.8, 4) is 5.75 Å². The summed E-state index contributed by atoms with van der Waals surface area (Å²) in [6.45, 7) is 2.34. The quantitative estimate of drug-likeness (QED) is 0.213. The van der Waals surface area contributed by atoms with Gasteiger partial charge in [-0.05, 0) is 78.4 Å². The normalized spacial score (nSPS) is 14.4. The monoisotopic (exact) mass is 573 g/mol. The molecule has 1 fully saturated rings. The molecule has 0 spiro atoms. The topological polar surface area (TPSA) is 81.1 Å². The summed E-state index contributed by atoms with van der Waals surface area (Å²) >= 11 is 0. The molecule has 1 aliphatic rings. The highest BCUT2D eigenvalue weighted by molar-refractivity contribution is 5.83. The molecule has 7 nitrogen and oxygen atoms in total. The second-order valence-electron chi connectivity index (χ2n) is 11.4. The molecule has 7 heteroatoms. The van der Waals surface area contributed by atoms with Crippen LogP contribution in [0, 0.1) is 5.92 Å². The Morgan fingerprint density at radius 1 is 0.860 bits per heavy atom. The van der Waals surface area contributed by atoms with E-state index in [9.17, 15) is 4.79 Å². The van der Waals surface area contributed by atoms with E-state index in [0.29, 0.717) is 13.0 Å². The van der Waals surface area contributed by atoms with Crippen molar-refractivity contribution in [2.45, 2.75) is 44.7 Å². The Balaban J connectivity index is 1.35. The van der Waals surface area contributed by atoms with E-state index in [1.54, 1.807) is 7.11 Å². The summed E-state index contributed by atoms with van der Waals surface area (Å²) in [4.78, 5) is 13.6. The number of amides is 1. The Hall–Kier alpha value is -4.49. The third kappa shape index (κ3) is 7.12. The molecule has 5 aromatic rings. The van der Waals surface area contributed by atoms with Crippen LogP contribution in [0.25, 0.3) is 10.8 Å². The molecule has 0 saturated carbocycles. The Bertz CT molecular complexity index is 1640. The molecule has 0 bridgehead atoms. The highest BCUT2D eigenvalue weighted by Crippen LogP contribution is 2.25. The lowest BCUT2D eigenvalue weighted by Gasteiger charge is -2.26. The molecule has 220 valence electrons. The molecule has 0 radical (unpaired) electrons. The number of nitrogens with zero attached hydrogens (tertiary/aromatic N) is 3. The van der Waals surface area contributed by atoms with Gasteiger partial charge in [-0.3, -0.25) is 4.79 Å². The maximum atomic E-state index is 13.6. The lowest BCUT2D eigenvalue weighted by Crippen LogP contribution is -2.41. The van der Waals surface area contributed by atoms with Crippen molar-refractivity contribution in [3.63, 3.8) is 0 Å². The van der Waals surface area contributed by atoms with Gasteiger partial charge >= 0.3 is 0 Å². The third-order valence-corrected chi connectivity index (χ3v) is 8.43. The fraction of sp³-hybridized carbons (Fsp3) is 0.306. The number of rotatable bonds is 11. The number of ether oxygens (including phenoxy) is 1. The van der Waals surface area contributed by atoms with Crippen LogP contribution >= 0.6 is 0 Å². The maximum Gasteiger partial charge on any atom is 0.223 e. The first-order chi connectivity index (χ1) is 21.2. The largest absolute Gasteiger partial charge is 0.497 e. The number of fused-ring (bicyclic) bond motifs is 1. The van der Waals surface area contributed by atoms with Gasteiger partial charge in [-0.2, -0.15) is 0 Å². The van der Waals surface area contributed by atoms with Crippen LogP contribution in [0.4, 0.5) is 0 Å². The van der Waals surface area contributed by atoms with Crippen LogP contribution in [0.2, 0.25) is 0 Å². The van der Waals surface area contributed by atoms with Gasteiger partial charge in [0.1, 0.15) is 11.6 Å². The van der Waals surface area contributed by atoms with Gasteiger partial charge in [-0.15, -0.1) is 10.2 Å². The molecule has 1 aliphatic heterocycles. The molecular weight excluding hydrogens is 534 g/mol. The summed E-state index contributed by atoms with van der Waals surface area (Å²) in [7, 11) is 1.68. The number of hydrogen-bond acceptors (Lipinski definition) is 5. The summed E-state index contributed by atoms with van der Waals surface area (Å²) < 4.78 is 7.60. The molecule has 1 unspecified atom stereocenters. The van der Waals surface area contributed by atoms with E-state index in [1.807, 2.05) is 18.2 Å². The average molecular weight is 574 g/mol. The SMILES string of the molecule is COc1ccc(Cn2c(CCc3ccccc3)nnc2C(Cc2ccc3ccccc3c2)NC(=O)C2CCNCC2)cc1. The van der Waals surface area contributed by atoms with Crippen LogP contribution in [-0.2, 0) is 30.6 Å². The molecule has 4 aromatic carbocycles. The molecule has 2 N–H and O–H groups in total. The van der Waals surface area contributed by atoms with Gasteiger partial charge in [0.25, 0.3) is 0 Å². The number of benzene rings is 4. The smallest absolute Gasteiger partial charge is 0.223 e. The second-order valence-corrected chi connectivity index (χ2v) is 11.4. The number of aryl methyl sites for hydroxylation is 2. The van der Waals surface area contributed by atoms with E-state index in [4.69, 9.17) is 14.9 Å². The van der Waals surface area contributed by atoms with Crippen LogP contribution in [-0.4, -0.2) is 40.9 Å². The summed E-state index contributed by atoms with van der Waals surface area (Å²) in [6.07, 6.45) is 3.92. The predicted octanol–water partition coefficient (Wildman–Crippen LogP) is 5.67. The van der Waals surface area contributed by atoms with E-state index in [-0.39, 0.29) is 17.9 Å². The van der Waals surface area contributed by atoms with E-state index in [0.717, 1.165) is 67.3 Å². The minimum absolute atomic E-state index is 0.00383. The minimum Gasteiger partial charge on any atom is -0.497 e. The summed E-state index contributed by atoms with van der Waals surface area (Å²) in [5.74, 6) is 2.61. The lowest BCUT2D eigenvalue weighted by atomic mass is 9.95. The zero-order valence-electron chi connectivity index (χ0n) is 24.7. The van der Waals surface area contributed by atoms with Crippen molar-refractivity contribution in [1.29, 1.82) is 0 Å². The zero-order valence-corrected chi connectivity index (χ0v) is 24.7. The van der Waals surface area contributed by atoms with Gasteiger partial charge in [0, 0.05) is 12.3 Å². The molecule has 6 rings (SSSR count). The Labute approximate surface area is 253 Å². The van der Waals surface area contributed by atoms with Crippen LogP contribution in [0.3, 0.4) is 0 Å². The fourth-order valence-electron chi connectivity index (χ4n) is 5.96. The fourth-order valence-corrected chi connectivity index (χ4v) is 5.96. The van der Waals surface area contributed by atoms with Crippen molar-refractivity contribution >= 4 is 16.7 Å². The molecule has 1 amide bonds. The molecule has 43 heavy (non-hydrogen) atoms. The van der Waals surface area contributed by atoms with Crippen LogP contribution < -0.4 is 15.4 Å². The van der Waals surface area contributed by atoms with E-state index >= 15 is 0 Å². The van der Waals surface area contributed by atoms with Crippen LogP contribution in [0.1, 0.15) is 47.2 Å². The van der Waals surface area contributed by atoms with Crippen molar-refractivity contribution in [1.82, 2.24) is 25.4 Å². The molecule has 1 atom stereocenters. The Morgan fingerprint density at radius 3 is 2.35 bits per heavy atom. The van der Waals surface area contributed by atoms with Gasteiger partial charge in [0.15, 0.2) is 5.82 Å². The van der Waals surface area contributed by atoms with Gasteiger partial charge in [0.2, 0.25) is 5.91 Å². The van der Waals surface area contributed by atoms with Gasteiger partial charge < -0.3 is 19.9 Å². The standard InChI is InChI=1S/C36H39N5O2/c1-43-32-16-12-27(13-17-32)25-41-34(18-14-26-7-3-2-4-8-26)39-40-35(41)33(38-36(42)30-19-21-37-22-20-30)24-28-11-15-29-9-5-6-10-31(29)23-28/h2-13,15-17,23,30,33,37H,14,18-22,24-25H2,1H3,(H,38,42). The Kier molecular flexibility index (Phi) is 9.09. The summed E-state index contributed by atoms with van der Waals surface area (Å²) in [5, 5.41) is 18.7. The number of carbonyl (C=O) groups is 1. The summed E-state index contributed by atoms with van der Waals surface area (Å²) in [6, 6.07) is 33.2. The third-order valence-electron chi connectivity index (χ3n) is 8.43. The number of methoxy groups -OCH3 is 1. The van der Waals surface area contributed by atoms with E-state index in [1.165, 1.54) is 16.3 Å². The first-order valence-corrected chi connectivity index (χ1v) is 15.2. The van der Waals surface area contributed by atoms with Gasteiger partial charge in [0.05, 0.1) is 19.7 Å². The zero-order chi connectivity index (χ0) is 29.4. The van der Waals surface area contributed by atoms with E-state index < -0.39 is 0 Å². The van der Waals surface area contributed by atoms with E-state index in [2.05, 4.69) is 94.1 Å². The highest BCUT2D eigenvalue weighted by atomic mass is 16.5. The number of nitrogens with one attached hydrogen (secondary N) is 2. The van der Waals surface area contributed by atoms with Crippen molar-refractivity contribution in [3.05, 3.63) is 125 Å². The Morgan fingerprint density at radius 2 is 1.58 bits per heavy atom. The molecule has 0 aliphatic carbocycles. The lowest BCUT2D eigenvalue weighted by molar-refractivity contribution is -0.126. The minimum atomic E-state index is -0.320. The van der Waals surface area contributed by atoms with Crippen molar-refractivity contribution < 1.29 is 9.53 Å². The van der Waals surface area contributed by atoms with Crippen LogP contribution in [0.15, 0.2) is 97.1 Å². The van der Waals surface area contributed by atoms with Gasteiger partial charge in [-0.1, -0.05) is 84.9 Å². The van der Waals surface area contributed by atoms with Crippen molar-refractivity contribution in [2.75, 3.05) is 20.2 Å². The predicted molar refractivity (Wildman–Crippen MR) is 170 cm³/mol. The van der Waals surface area contributed by atoms with Gasteiger partial charge in [-0.25, -0.2) is 0 Å². The molecule has 2 heterocycles. The molecular formula is C36H39N5O2. The number of piperidine rings is 1.